The van der Waals surface area contributed by atoms with Crippen molar-refractivity contribution in [3.05, 3.63) is 169 Å². The Bertz CT molecular complexity index is 3260. The zero-order chi connectivity index (χ0) is 37.3. The Labute approximate surface area is 330 Å². The summed E-state index contributed by atoms with van der Waals surface area (Å²) in [6, 6.07) is 61.0. The summed E-state index contributed by atoms with van der Waals surface area (Å²) >= 11 is 1.88. The molecule has 2 nitrogen and oxygen atoms in total. The van der Waals surface area contributed by atoms with E-state index >= 15 is 0 Å². The fourth-order valence-electron chi connectivity index (χ4n) is 9.53. The van der Waals surface area contributed by atoms with E-state index in [0.717, 1.165) is 33.3 Å². The third-order valence-electron chi connectivity index (χ3n) is 12.2. The Balaban J connectivity index is 1.19. The molecule has 0 atom stereocenters. The van der Waals surface area contributed by atoms with Crippen molar-refractivity contribution in [2.24, 2.45) is 0 Å². The van der Waals surface area contributed by atoms with Crippen molar-refractivity contribution in [1.82, 2.24) is 0 Å². The van der Waals surface area contributed by atoms with Crippen LogP contribution in [0.2, 0.25) is 0 Å². The Morgan fingerprint density at radius 1 is 0.464 bits per heavy atom. The molecule has 0 saturated carbocycles. The number of para-hydroxylation sites is 1. The quantitative estimate of drug-likeness (QED) is 0.168. The summed E-state index contributed by atoms with van der Waals surface area (Å²) in [7, 11) is 0. The van der Waals surface area contributed by atoms with Gasteiger partial charge in [0.15, 0.2) is 0 Å². The van der Waals surface area contributed by atoms with E-state index in [1.54, 1.807) is 0 Å². The van der Waals surface area contributed by atoms with Crippen LogP contribution in [0, 0.1) is 0 Å². The summed E-state index contributed by atoms with van der Waals surface area (Å²) in [6.07, 6.45) is 0. The topological polar surface area (TPSA) is 16.4 Å². The van der Waals surface area contributed by atoms with Gasteiger partial charge in [-0.15, -0.1) is 11.3 Å². The molecule has 2 aliphatic rings. The van der Waals surface area contributed by atoms with E-state index in [0.29, 0.717) is 0 Å². The maximum absolute atomic E-state index is 6.65. The highest BCUT2D eigenvalue weighted by Crippen LogP contribution is 2.48. The van der Waals surface area contributed by atoms with Crippen molar-refractivity contribution in [3.8, 4) is 33.4 Å². The average molecular weight is 734 g/mol. The molecule has 0 bridgehead atoms. The monoisotopic (exact) mass is 733 g/mol. The summed E-state index contributed by atoms with van der Waals surface area (Å²) in [5.41, 5.74) is 18.2. The minimum atomic E-state index is -0.0125. The number of fused-ring (bicyclic) bond motifs is 11. The van der Waals surface area contributed by atoms with Crippen LogP contribution in [0.3, 0.4) is 0 Å². The van der Waals surface area contributed by atoms with E-state index < -0.39 is 0 Å². The van der Waals surface area contributed by atoms with Crippen LogP contribution in [-0.4, -0.2) is 6.71 Å². The fraction of sp³-hybridized carbons (Fsp3) is 0.0769. The molecular weight excluding hydrogens is 697 g/mol. The van der Waals surface area contributed by atoms with Gasteiger partial charge in [-0.3, -0.25) is 0 Å². The van der Waals surface area contributed by atoms with Crippen LogP contribution < -0.4 is 21.3 Å². The van der Waals surface area contributed by atoms with Gasteiger partial charge in [0.05, 0.1) is 5.69 Å². The van der Waals surface area contributed by atoms with Gasteiger partial charge in [0.25, 0.3) is 0 Å². The third-order valence-corrected chi connectivity index (χ3v) is 13.4. The van der Waals surface area contributed by atoms with Crippen LogP contribution >= 0.6 is 11.3 Å². The molecule has 264 valence electrons. The highest BCUT2D eigenvalue weighted by atomic mass is 32.1. The standard InChI is InChI=1S/C52H36BNOS/c1-52(2,3)34-22-24-44(39(28-34)31-13-5-4-6-14-31)54-45-30-48-40(36-16-8-11-19-47(36)55-48)29-43(45)53-42-18-10-7-15-35(42)41-25-33(26-46(54)51(41)53)32-21-23-38-37-17-9-12-20-49(37)56-50(38)27-32/h4-30H,1-3H3. The fourth-order valence-corrected chi connectivity index (χ4v) is 10.7. The molecule has 12 rings (SSSR count). The summed E-state index contributed by atoms with van der Waals surface area (Å²) in [4.78, 5) is 2.55. The summed E-state index contributed by atoms with van der Waals surface area (Å²) in [5.74, 6) is 0. The van der Waals surface area contributed by atoms with Gasteiger partial charge >= 0.3 is 0 Å². The van der Waals surface area contributed by atoms with Crippen LogP contribution in [-0.2, 0) is 5.41 Å². The molecule has 2 aliphatic heterocycles. The van der Waals surface area contributed by atoms with Gasteiger partial charge < -0.3 is 9.32 Å². The Morgan fingerprint density at radius 3 is 2.11 bits per heavy atom. The second-order valence-electron chi connectivity index (χ2n) is 16.5. The number of benzene rings is 8. The second-order valence-corrected chi connectivity index (χ2v) is 17.6. The molecule has 0 spiro atoms. The summed E-state index contributed by atoms with van der Waals surface area (Å²) < 4.78 is 9.29. The van der Waals surface area contributed by atoms with Crippen LogP contribution in [0.25, 0.3) is 75.5 Å². The van der Waals surface area contributed by atoms with E-state index in [1.807, 2.05) is 11.3 Å². The lowest BCUT2D eigenvalue weighted by Gasteiger charge is -2.38. The largest absolute Gasteiger partial charge is 0.456 e. The minimum absolute atomic E-state index is 0.0125. The number of furan rings is 1. The van der Waals surface area contributed by atoms with Crippen LogP contribution in [0.1, 0.15) is 26.3 Å². The molecule has 0 amide bonds. The second kappa shape index (κ2) is 11.6. The van der Waals surface area contributed by atoms with Crippen molar-refractivity contribution in [2.45, 2.75) is 26.2 Å². The van der Waals surface area contributed by atoms with Gasteiger partial charge in [0.2, 0.25) is 6.71 Å². The van der Waals surface area contributed by atoms with Gasteiger partial charge in [-0.2, -0.15) is 0 Å². The van der Waals surface area contributed by atoms with Crippen LogP contribution in [0.5, 0.6) is 0 Å². The van der Waals surface area contributed by atoms with Gasteiger partial charge in [-0.25, -0.2) is 0 Å². The molecule has 4 heteroatoms. The Morgan fingerprint density at radius 2 is 1.23 bits per heavy atom. The molecular formula is C52H36BNOS. The maximum atomic E-state index is 6.65. The summed E-state index contributed by atoms with van der Waals surface area (Å²) in [5, 5.41) is 4.96. The van der Waals surface area contributed by atoms with Gasteiger partial charge in [-0.05, 0) is 92.2 Å². The van der Waals surface area contributed by atoms with E-state index in [2.05, 4.69) is 189 Å². The molecule has 0 aliphatic carbocycles. The van der Waals surface area contributed by atoms with E-state index in [1.165, 1.54) is 81.2 Å². The lowest BCUT2D eigenvalue weighted by molar-refractivity contribution is 0.590. The third kappa shape index (κ3) is 4.57. The number of nitrogens with zero attached hydrogens (tertiary/aromatic N) is 1. The molecule has 4 heterocycles. The smallest absolute Gasteiger partial charge is 0.248 e. The Hall–Kier alpha value is -6.36. The predicted molar refractivity (Wildman–Crippen MR) is 241 cm³/mol. The highest BCUT2D eigenvalue weighted by Gasteiger charge is 2.43. The van der Waals surface area contributed by atoms with Crippen molar-refractivity contribution >= 4 is 93.6 Å². The van der Waals surface area contributed by atoms with E-state index in [4.69, 9.17) is 4.42 Å². The SMILES string of the molecule is CC(C)(C)c1ccc(N2c3cc4oc5ccccc5c4cc3B3c4ccccc4-c4cc(-c5ccc6c(c5)sc5ccccc56)cc2c43)c(-c2ccccc2)c1. The number of anilines is 3. The first-order valence-electron chi connectivity index (χ1n) is 19.5. The van der Waals surface area contributed by atoms with Crippen LogP contribution in [0.4, 0.5) is 17.1 Å². The molecule has 8 aromatic carbocycles. The number of thiophene rings is 1. The first kappa shape index (κ1) is 31.9. The van der Waals surface area contributed by atoms with Crippen LogP contribution in [0.15, 0.2) is 168 Å². The number of hydrogen-bond donors (Lipinski definition) is 0. The first-order chi connectivity index (χ1) is 27.4. The molecule has 0 unspecified atom stereocenters. The van der Waals surface area contributed by atoms with E-state index in [-0.39, 0.29) is 12.1 Å². The van der Waals surface area contributed by atoms with Crippen molar-refractivity contribution < 1.29 is 4.42 Å². The lowest BCUT2D eigenvalue weighted by Crippen LogP contribution is -2.54. The predicted octanol–water partition coefficient (Wildman–Crippen LogP) is 12.9. The zero-order valence-electron chi connectivity index (χ0n) is 31.4. The molecule has 0 fully saturated rings. The van der Waals surface area contributed by atoms with Gasteiger partial charge in [-0.1, -0.05) is 141 Å². The van der Waals surface area contributed by atoms with E-state index in [9.17, 15) is 0 Å². The molecule has 2 aromatic heterocycles. The van der Waals surface area contributed by atoms with Crippen molar-refractivity contribution in [1.29, 1.82) is 0 Å². The first-order valence-corrected chi connectivity index (χ1v) is 20.3. The minimum Gasteiger partial charge on any atom is -0.456 e. The average Bonchev–Trinajstić information content (AvgIpc) is 3.89. The normalized spacial score (nSPS) is 13.2. The molecule has 56 heavy (non-hydrogen) atoms. The molecule has 0 radical (unpaired) electrons. The zero-order valence-corrected chi connectivity index (χ0v) is 32.2. The maximum Gasteiger partial charge on any atom is 0.248 e. The highest BCUT2D eigenvalue weighted by molar-refractivity contribution is 7.25. The van der Waals surface area contributed by atoms with Gasteiger partial charge in [0, 0.05) is 53.9 Å². The molecule has 0 N–H and O–H groups in total. The number of rotatable bonds is 3. The Kier molecular flexibility index (Phi) is 6.61. The summed E-state index contributed by atoms with van der Waals surface area (Å²) in [6.45, 7) is 7.00. The lowest BCUT2D eigenvalue weighted by atomic mass is 9.37. The van der Waals surface area contributed by atoms with Gasteiger partial charge in [0.1, 0.15) is 11.2 Å². The molecule has 0 saturated heterocycles. The van der Waals surface area contributed by atoms with Crippen molar-refractivity contribution in [2.75, 3.05) is 4.90 Å². The molecule has 10 aromatic rings. The van der Waals surface area contributed by atoms with Crippen molar-refractivity contribution in [3.63, 3.8) is 0 Å². The number of hydrogen-bond acceptors (Lipinski definition) is 3.